The molecule has 1 atom stereocenters. The van der Waals surface area contributed by atoms with E-state index in [1.54, 1.807) is 29.1 Å². The van der Waals surface area contributed by atoms with Crippen LogP contribution < -0.4 is 4.74 Å². The van der Waals surface area contributed by atoms with E-state index < -0.39 is 0 Å². The Bertz CT molecular complexity index is 1180. The third kappa shape index (κ3) is 4.14. The number of aromatic nitrogens is 4. The van der Waals surface area contributed by atoms with Crippen molar-refractivity contribution in [3.05, 3.63) is 77.3 Å². The van der Waals surface area contributed by atoms with Crippen molar-refractivity contribution in [1.82, 2.24) is 24.6 Å². The van der Waals surface area contributed by atoms with Crippen LogP contribution in [0.4, 0.5) is 0 Å². The highest BCUT2D eigenvalue weighted by atomic mass is 35.5. The van der Waals surface area contributed by atoms with Gasteiger partial charge in [0.1, 0.15) is 11.6 Å². The third-order valence-corrected chi connectivity index (χ3v) is 5.86. The molecular weight excluding hydrogens is 414 g/mol. The zero-order valence-corrected chi connectivity index (χ0v) is 17.6. The van der Waals surface area contributed by atoms with Crippen LogP contribution in [0.25, 0.3) is 11.0 Å². The fraction of sp³-hybridized carbons (Fsp3) is 0.261. The van der Waals surface area contributed by atoms with Crippen molar-refractivity contribution in [3.63, 3.8) is 0 Å². The Morgan fingerprint density at radius 2 is 2.00 bits per heavy atom. The molecule has 31 heavy (non-hydrogen) atoms. The number of H-pyrrole nitrogens is 1. The van der Waals surface area contributed by atoms with Gasteiger partial charge in [-0.05, 0) is 43.2 Å². The van der Waals surface area contributed by atoms with Crippen LogP contribution in [0, 0.1) is 0 Å². The van der Waals surface area contributed by atoms with E-state index in [-0.39, 0.29) is 18.6 Å². The highest BCUT2D eigenvalue weighted by Gasteiger charge is 2.28. The summed E-state index contributed by atoms with van der Waals surface area (Å²) in [5, 5.41) is 4.93. The molecule has 1 N–H and O–H groups in total. The Balaban J connectivity index is 1.25. The number of nitrogens with one attached hydrogen (secondary N) is 1. The van der Waals surface area contributed by atoms with Crippen molar-refractivity contribution in [2.75, 3.05) is 13.1 Å². The summed E-state index contributed by atoms with van der Waals surface area (Å²) in [6, 6.07) is 17.0. The molecule has 0 aliphatic carbocycles. The molecule has 2 aromatic heterocycles. The molecule has 0 radical (unpaired) electrons. The van der Waals surface area contributed by atoms with Crippen molar-refractivity contribution in [3.8, 4) is 5.75 Å². The number of nitrogens with zero attached hydrogens (tertiary/aromatic N) is 4. The highest BCUT2D eigenvalue weighted by Crippen LogP contribution is 2.27. The minimum absolute atomic E-state index is 0.0719. The van der Waals surface area contributed by atoms with E-state index in [1.807, 2.05) is 41.3 Å². The van der Waals surface area contributed by atoms with E-state index in [0.717, 1.165) is 36.2 Å². The number of carbonyl (C=O) groups excluding carboxylic acids is 1. The number of hydrogen-bond acceptors (Lipinski definition) is 4. The van der Waals surface area contributed by atoms with Gasteiger partial charge in [-0.3, -0.25) is 4.79 Å². The van der Waals surface area contributed by atoms with Gasteiger partial charge in [-0.2, -0.15) is 5.10 Å². The molecule has 1 amide bonds. The number of benzene rings is 2. The summed E-state index contributed by atoms with van der Waals surface area (Å²) in [5.41, 5.74) is 2.39. The summed E-state index contributed by atoms with van der Waals surface area (Å²) in [6.45, 7) is 1.53. The molecule has 0 saturated carbocycles. The number of para-hydroxylation sites is 3. The first-order chi connectivity index (χ1) is 15.2. The number of hydrogen-bond donors (Lipinski definition) is 1. The van der Waals surface area contributed by atoms with Crippen molar-refractivity contribution >= 4 is 28.5 Å². The van der Waals surface area contributed by atoms with Crippen LogP contribution in [0.2, 0.25) is 5.02 Å². The zero-order chi connectivity index (χ0) is 21.2. The predicted molar refractivity (Wildman–Crippen MR) is 118 cm³/mol. The first kappa shape index (κ1) is 19.6. The Kier molecular flexibility index (Phi) is 5.34. The van der Waals surface area contributed by atoms with Gasteiger partial charge in [0.05, 0.1) is 16.1 Å². The van der Waals surface area contributed by atoms with Gasteiger partial charge in [-0.1, -0.05) is 35.9 Å². The summed E-state index contributed by atoms with van der Waals surface area (Å²) >= 11 is 6.11. The van der Waals surface area contributed by atoms with E-state index in [0.29, 0.717) is 23.0 Å². The Hall–Kier alpha value is -3.32. The summed E-state index contributed by atoms with van der Waals surface area (Å²) in [7, 11) is 0. The molecule has 1 aliphatic rings. The minimum atomic E-state index is -0.0719. The maximum absolute atomic E-state index is 13.0. The molecule has 158 valence electrons. The van der Waals surface area contributed by atoms with Crippen molar-refractivity contribution in [2.45, 2.75) is 25.5 Å². The van der Waals surface area contributed by atoms with Gasteiger partial charge < -0.3 is 14.6 Å². The Morgan fingerprint density at radius 3 is 2.87 bits per heavy atom. The molecule has 4 aromatic rings. The minimum Gasteiger partial charge on any atom is -0.470 e. The molecule has 5 rings (SSSR count). The lowest BCUT2D eigenvalue weighted by atomic mass is 9.97. The van der Waals surface area contributed by atoms with E-state index in [2.05, 4.69) is 10.1 Å². The number of likely N-dealkylation sites (tertiary alicyclic amines) is 1. The monoisotopic (exact) mass is 435 g/mol. The molecule has 8 heteroatoms. The molecule has 7 nitrogen and oxygen atoms in total. The van der Waals surface area contributed by atoms with Crippen molar-refractivity contribution in [1.29, 1.82) is 0 Å². The second-order valence-corrected chi connectivity index (χ2v) is 8.08. The van der Waals surface area contributed by atoms with Crippen molar-refractivity contribution in [2.24, 2.45) is 0 Å². The zero-order valence-electron chi connectivity index (χ0n) is 16.9. The molecule has 2 aromatic carbocycles. The number of fused-ring (bicyclic) bond motifs is 1. The topological polar surface area (TPSA) is 76.0 Å². The maximum Gasteiger partial charge on any atom is 0.274 e. The molecular formula is C23H22ClN5O2. The van der Waals surface area contributed by atoms with Crippen LogP contribution in [0.5, 0.6) is 5.75 Å². The lowest BCUT2D eigenvalue weighted by molar-refractivity contribution is 0.0697. The van der Waals surface area contributed by atoms with Gasteiger partial charge in [0.25, 0.3) is 5.91 Å². The summed E-state index contributed by atoms with van der Waals surface area (Å²) < 4.78 is 7.29. The highest BCUT2D eigenvalue weighted by molar-refractivity contribution is 6.32. The maximum atomic E-state index is 13.0. The molecule has 0 spiro atoms. The van der Waals surface area contributed by atoms with Crippen LogP contribution >= 0.6 is 11.6 Å². The average molecular weight is 436 g/mol. The predicted octanol–water partition coefficient (Wildman–Crippen LogP) is 4.47. The molecule has 1 saturated heterocycles. The first-order valence-corrected chi connectivity index (χ1v) is 10.7. The van der Waals surface area contributed by atoms with Gasteiger partial charge in [0, 0.05) is 25.2 Å². The SMILES string of the molecule is O=C(c1ccn(COc2ccccc2Cl)n1)N1CCCC(c2nc3ccccc3[nH]2)C1. The molecule has 1 fully saturated rings. The van der Waals surface area contributed by atoms with Crippen molar-refractivity contribution < 1.29 is 9.53 Å². The lowest BCUT2D eigenvalue weighted by Gasteiger charge is -2.31. The van der Waals surface area contributed by atoms with Gasteiger partial charge in [-0.25, -0.2) is 9.67 Å². The molecule has 1 aliphatic heterocycles. The van der Waals surface area contributed by atoms with Crippen LogP contribution in [0.1, 0.15) is 35.1 Å². The average Bonchev–Trinajstić information content (AvgIpc) is 3.45. The molecule has 1 unspecified atom stereocenters. The van der Waals surface area contributed by atoms with E-state index in [4.69, 9.17) is 21.3 Å². The van der Waals surface area contributed by atoms with Crippen LogP contribution in [0.15, 0.2) is 60.8 Å². The third-order valence-electron chi connectivity index (χ3n) is 5.55. The van der Waals surface area contributed by atoms with E-state index >= 15 is 0 Å². The number of halogens is 1. The number of amides is 1. The normalized spacial score (nSPS) is 16.5. The largest absolute Gasteiger partial charge is 0.470 e. The van der Waals surface area contributed by atoms with Crippen LogP contribution in [-0.2, 0) is 6.73 Å². The number of imidazole rings is 1. The van der Waals surface area contributed by atoms with Gasteiger partial charge in [0.2, 0.25) is 0 Å². The Labute approximate surface area is 184 Å². The Morgan fingerprint density at radius 1 is 1.16 bits per heavy atom. The second-order valence-electron chi connectivity index (χ2n) is 7.67. The van der Waals surface area contributed by atoms with Crippen LogP contribution in [-0.4, -0.2) is 43.6 Å². The fourth-order valence-corrected chi connectivity index (χ4v) is 4.15. The number of rotatable bonds is 5. The second kappa shape index (κ2) is 8.43. The quantitative estimate of drug-likeness (QED) is 0.501. The summed E-state index contributed by atoms with van der Waals surface area (Å²) in [4.78, 5) is 23.0. The summed E-state index contributed by atoms with van der Waals surface area (Å²) in [6.07, 6.45) is 3.68. The van der Waals surface area contributed by atoms with E-state index in [9.17, 15) is 4.79 Å². The lowest BCUT2D eigenvalue weighted by Crippen LogP contribution is -2.39. The molecule has 0 bridgehead atoms. The fourth-order valence-electron chi connectivity index (χ4n) is 3.96. The van der Waals surface area contributed by atoms with Gasteiger partial charge in [0.15, 0.2) is 12.4 Å². The number of carbonyl (C=O) groups is 1. The smallest absolute Gasteiger partial charge is 0.274 e. The van der Waals surface area contributed by atoms with Gasteiger partial charge >= 0.3 is 0 Å². The summed E-state index contributed by atoms with van der Waals surface area (Å²) in [5.74, 6) is 1.64. The van der Waals surface area contributed by atoms with E-state index in [1.165, 1.54) is 0 Å². The number of ether oxygens (including phenoxy) is 1. The van der Waals surface area contributed by atoms with Crippen LogP contribution in [0.3, 0.4) is 0 Å². The van der Waals surface area contributed by atoms with Gasteiger partial charge in [-0.15, -0.1) is 0 Å². The first-order valence-electron chi connectivity index (χ1n) is 10.3. The standard InChI is InChI=1S/C23H22ClN5O2/c24-17-7-1-4-10-21(17)31-15-29-13-11-20(27-29)23(30)28-12-5-6-16(14-28)22-25-18-8-2-3-9-19(18)26-22/h1-4,7-11,13,16H,5-6,12,14-15H2,(H,25,26). The number of piperidine rings is 1. The molecule has 3 heterocycles. The number of aromatic amines is 1.